The van der Waals surface area contributed by atoms with E-state index in [0.29, 0.717) is 25.8 Å². The molecule has 0 heterocycles. The molecule has 3 atom stereocenters. The van der Waals surface area contributed by atoms with Crippen LogP contribution in [0.1, 0.15) is 89.0 Å². The Balaban J connectivity index is 1.57. The first-order valence-electron chi connectivity index (χ1n) is 18.2. The molecule has 8 nitrogen and oxygen atoms in total. The molecule has 270 valence electrons. The molecule has 0 aliphatic carbocycles. The number of ketones is 1. The van der Waals surface area contributed by atoms with Gasteiger partial charge in [-0.15, -0.1) is 0 Å². The van der Waals surface area contributed by atoms with Crippen LogP contribution in [-0.2, 0) is 25.6 Å². The van der Waals surface area contributed by atoms with Gasteiger partial charge in [0.1, 0.15) is 6.04 Å². The molecule has 0 saturated heterocycles. The second kappa shape index (κ2) is 19.0. The van der Waals surface area contributed by atoms with Gasteiger partial charge in [-0.3, -0.25) is 19.2 Å². The minimum absolute atomic E-state index is 0.0373. The van der Waals surface area contributed by atoms with Crippen molar-refractivity contribution in [2.75, 3.05) is 6.54 Å². The fraction of sp³-hybridized carbons (Fsp3) is 0.395. The van der Waals surface area contributed by atoms with E-state index < -0.39 is 30.0 Å². The molecule has 4 aromatic carbocycles. The van der Waals surface area contributed by atoms with Crippen molar-refractivity contribution < 1.29 is 19.2 Å². The van der Waals surface area contributed by atoms with Crippen molar-refractivity contribution in [3.05, 3.63) is 120 Å². The second-order valence-corrected chi connectivity index (χ2v) is 14.6. The SMILES string of the molecule is CCC(=O)N[C@@H](Cc1ccc2ccccc2c1)C(=O)N[C@@H](CC(C)(C)C)C(=O)C[C@@H](CCCCN)C(=O)NC(c1ccccc1)c1ccccc1. The Hall–Kier alpha value is -4.82. The maximum Gasteiger partial charge on any atom is 0.243 e. The van der Waals surface area contributed by atoms with Gasteiger partial charge in [-0.05, 0) is 58.7 Å². The third-order valence-corrected chi connectivity index (χ3v) is 9.13. The van der Waals surface area contributed by atoms with E-state index >= 15 is 0 Å². The van der Waals surface area contributed by atoms with E-state index in [-0.39, 0.29) is 42.3 Å². The van der Waals surface area contributed by atoms with Gasteiger partial charge in [0.2, 0.25) is 17.7 Å². The van der Waals surface area contributed by atoms with Crippen LogP contribution >= 0.6 is 0 Å². The molecule has 8 heteroatoms. The fourth-order valence-corrected chi connectivity index (χ4v) is 6.39. The van der Waals surface area contributed by atoms with Gasteiger partial charge in [0.05, 0.1) is 12.1 Å². The number of amides is 3. The van der Waals surface area contributed by atoms with Gasteiger partial charge < -0.3 is 21.7 Å². The number of unbranched alkanes of at least 4 members (excludes halogenated alkanes) is 1. The number of fused-ring (bicyclic) bond motifs is 1. The maximum atomic E-state index is 14.2. The van der Waals surface area contributed by atoms with Gasteiger partial charge in [0.25, 0.3) is 0 Å². The average Bonchev–Trinajstić information content (AvgIpc) is 3.12. The smallest absolute Gasteiger partial charge is 0.243 e. The van der Waals surface area contributed by atoms with Gasteiger partial charge in [0.15, 0.2) is 5.78 Å². The number of carbonyl (C=O) groups excluding carboxylic acids is 4. The molecule has 0 aromatic heterocycles. The van der Waals surface area contributed by atoms with E-state index in [4.69, 9.17) is 5.73 Å². The van der Waals surface area contributed by atoms with Gasteiger partial charge in [-0.25, -0.2) is 0 Å². The lowest BCUT2D eigenvalue weighted by Crippen LogP contribution is -2.53. The molecule has 0 unspecified atom stereocenters. The molecular weight excluding hydrogens is 636 g/mol. The van der Waals surface area contributed by atoms with Crippen LogP contribution in [0.3, 0.4) is 0 Å². The second-order valence-electron chi connectivity index (χ2n) is 14.6. The monoisotopic (exact) mass is 690 g/mol. The van der Waals surface area contributed by atoms with Gasteiger partial charge >= 0.3 is 0 Å². The third-order valence-electron chi connectivity index (χ3n) is 9.13. The Bertz CT molecular complexity index is 1700. The molecule has 0 spiro atoms. The lowest BCUT2D eigenvalue weighted by molar-refractivity contribution is -0.134. The number of Topliss-reactive ketones (excluding diaryl/α,β-unsaturated/α-hetero) is 1. The number of nitrogens with one attached hydrogen (secondary N) is 3. The van der Waals surface area contributed by atoms with E-state index in [9.17, 15) is 19.2 Å². The van der Waals surface area contributed by atoms with Gasteiger partial charge in [0, 0.05) is 25.2 Å². The van der Waals surface area contributed by atoms with E-state index in [0.717, 1.165) is 33.9 Å². The number of rotatable bonds is 18. The highest BCUT2D eigenvalue weighted by atomic mass is 16.2. The lowest BCUT2D eigenvalue weighted by atomic mass is 9.83. The normalized spacial score (nSPS) is 13.3. The number of hydrogen-bond donors (Lipinski definition) is 4. The van der Waals surface area contributed by atoms with Crippen molar-refractivity contribution in [2.24, 2.45) is 17.1 Å². The molecule has 3 amide bonds. The molecule has 0 bridgehead atoms. The van der Waals surface area contributed by atoms with Crippen molar-refractivity contribution in [2.45, 2.75) is 90.8 Å². The number of carbonyl (C=O) groups is 4. The highest BCUT2D eigenvalue weighted by molar-refractivity contribution is 5.95. The van der Waals surface area contributed by atoms with Crippen LogP contribution in [0.2, 0.25) is 0 Å². The van der Waals surface area contributed by atoms with Crippen LogP contribution in [0.15, 0.2) is 103 Å². The molecule has 0 fully saturated rings. The van der Waals surface area contributed by atoms with E-state index in [1.54, 1.807) is 6.92 Å². The Morgan fingerprint density at radius 1 is 0.686 bits per heavy atom. The topological polar surface area (TPSA) is 130 Å². The number of benzene rings is 4. The van der Waals surface area contributed by atoms with Crippen LogP contribution in [0.4, 0.5) is 0 Å². The summed E-state index contributed by atoms with van der Waals surface area (Å²) in [6.07, 6.45) is 2.73. The Morgan fingerprint density at radius 2 is 1.29 bits per heavy atom. The molecule has 0 aliphatic rings. The molecule has 5 N–H and O–H groups in total. The molecule has 51 heavy (non-hydrogen) atoms. The first kappa shape index (κ1) is 39.0. The van der Waals surface area contributed by atoms with Crippen molar-refractivity contribution in [1.82, 2.24) is 16.0 Å². The lowest BCUT2D eigenvalue weighted by Gasteiger charge is -2.29. The van der Waals surface area contributed by atoms with Crippen molar-refractivity contribution in [3.8, 4) is 0 Å². The first-order chi connectivity index (χ1) is 24.5. The van der Waals surface area contributed by atoms with Crippen LogP contribution in [0.25, 0.3) is 10.8 Å². The molecule has 0 saturated carbocycles. The summed E-state index contributed by atoms with van der Waals surface area (Å²) in [5.74, 6) is -1.73. The molecule has 4 rings (SSSR count). The Labute approximate surface area is 303 Å². The average molecular weight is 691 g/mol. The summed E-state index contributed by atoms with van der Waals surface area (Å²) in [5.41, 5.74) is 8.27. The van der Waals surface area contributed by atoms with Crippen LogP contribution < -0.4 is 21.7 Å². The zero-order valence-electron chi connectivity index (χ0n) is 30.5. The van der Waals surface area contributed by atoms with Crippen LogP contribution in [0, 0.1) is 11.3 Å². The third kappa shape index (κ3) is 12.2. The zero-order valence-corrected chi connectivity index (χ0v) is 30.5. The summed E-state index contributed by atoms with van der Waals surface area (Å²) >= 11 is 0. The van der Waals surface area contributed by atoms with Crippen molar-refractivity contribution in [3.63, 3.8) is 0 Å². The minimum atomic E-state index is -0.880. The van der Waals surface area contributed by atoms with Crippen molar-refractivity contribution >= 4 is 34.3 Å². The minimum Gasteiger partial charge on any atom is -0.345 e. The van der Waals surface area contributed by atoms with Crippen LogP contribution in [0.5, 0.6) is 0 Å². The summed E-state index contributed by atoms with van der Waals surface area (Å²) in [7, 11) is 0. The Kier molecular flexibility index (Phi) is 14.5. The standard InChI is InChI=1S/C43H54N4O4/c1-5-39(49)45-36(27-30-23-24-31-16-12-13-21-34(31)26-30)42(51)46-37(29-43(2,3)4)38(48)28-35(22-14-15-25-44)41(50)47-40(32-17-8-6-9-18-32)33-19-10-7-11-20-33/h6-13,16-21,23-24,26,35-37,40H,5,14-15,22,25,27-29,44H2,1-4H3,(H,45,49)(H,46,51)(H,47,50)/t35-,36+,37+/m1/s1. The number of hydrogen-bond acceptors (Lipinski definition) is 5. The summed E-state index contributed by atoms with van der Waals surface area (Å²) in [5, 5.41) is 11.2. The van der Waals surface area contributed by atoms with Gasteiger partial charge in [-0.2, -0.15) is 0 Å². The van der Waals surface area contributed by atoms with E-state index in [1.807, 2.05) is 124 Å². The maximum absolute atomic E-state index is 14.2. The number of nitrogens with two attached hydrogens (primary N) is 1. The quantitative estimate of drug-likeness (QED) is 0.0853. The fourth-order valence-electron chi connectivity index (χ4n) is 6.39. The predicted octanol–water partition coefficient (Wildman–Crippen LogP) is 6.81. The highest BCUT2D eigenvalue weighted by Gasteiger charge is 2.33. The predicted molar refractivity (Wildman–Crippen MR) is 205 cm³/mol. The van der Waals surface area contributed by atoms with Gasteiger partial charge in [-0.1, -0.05) is 137 Å². The molecule has 4 aromatic rings. The molecular formula is C43H54N4O4. The van der Waals surface area contributed by atoms with E-state index in [1.165, 1.54) is 0 Å². The largest absolute Gasteiger partial charge is 0.345 e. The zero-order chi connectivity index (χ0) is 36.8. The summed E-state index contributed by atoms with van der Waals surface area (Å²) in [4.78, 5) is 54.9. The van der Waals surface area contributed by atoms with Crippen molar-refractivity contribution in [1.29, 1.82) is 0 Å². The highest BCUT2D eigenvalue weighted by Crippen LogP contribution is 2.27. The first-order valence-corrected chi connectivity index (χ1v) is 18.2. The Morgan fingerprint density at radius 3 is 1.88 bits per heavy atom. The summed E-state index contributed by atoms with van der Waals surface area (Å²) in [6.45, 7) is 8.27. The summed E-state index contributed by atoms with van der Waals surface area (Å²) in [6, 6.07) is 31.4. The molecule has 0 aliphatic heterocycles. The van der Waals surface area contributed by atoms with E-state index in [2.05, 4.69) is 16.0 Å². The summed E-state index contributed by atoms with van der Waals surface area (Å²) < 4.78 is 0. The molecule has 0 radical (unpaired) electrons. The van der Waals surface area contributed by atoms with Crippen LogP contribution in [-0.4, -0.2) is 42.1 Å².